The van der Waals surface area contributed by atoms with Gasteiger partial charge in [0.15, 0.2) is 0 Å². The fourth-order valence-electron chi connectivity index (χ4n) is 5.08. The van der Waals surface area contributed by atoms with Crippen LogP contribution in [0.1, 0.15) is 35.1 Å². The molecule has 0 radical (unpaired) electrons. The van der Waals surface area contributed by atoms with Crippen LogP contribution in [0.5, 0.6) is 23.5 Å². The normalized spacial score (nSPS) is 12.2. The van der Waals surface area contributed by atoms with E-state index in [0.717, 1.165) is 0 Å². The van der Waals surface area contributed by atoms with Crippen molar-refractivity contribution in [1.29, 1.82) is 0 Å². The fraction of sp³-hybridized carbons (Fsp3) is 0.333. The van der Waals surface area contributed by atoms with Gasteiger partial charge < -0.3 is 50.0 Å². The van der Waals surface area contributed by atoms with Crippen LogP contribution in [0, 0.1) is 0 Å². The zero-order chi connectivity index (χ0) is 37.6. The van der Waals surface area contributed by atoms with Crippen molar-refractivity contribution in [2.24, 2.45) is 0 Å². The van der Waals surface area contributed by atoms with Crippen LogP contribution in [-0.4, -0.2) is 81.8 Å². The summed E-state index contributed by atoms with van der Waals surface area (Å²) in [5.74, 6) is -0.927. The number of rotatable bonds is 21. The van der Waals surface area contributed by atoms with E-state index in [2.05, 4.69) is 20.6 Å². The standard InChI is InChI=1S/C36H40Cl2N4O10/c1-49-35-21(15-39-17-25(43)13-31(45)46)9-11-29(41-35)51-19-23-5-3-7-27(33(23)37)28-8-4-6-24(34(28)38)20-52-30-12-10-22(36(42-30)50-2)16-40-18-26(44)14-32(47)48/h3-12,25-26,39-40,43-44H,13-20H2,1-2H3,(H,45,46)(H,47,48). The highest BCUT2D eigenvalue weighted by Crippen LogP contribution is 2.37. The minimum absolute atomic E-state index is 0.0925. The van der Waals surface area contributed by atoms with Gasteiger partial charge in [0, 0.05) is 71.7 Å². The maximum absolute atomic E-state index is 10.8. The van der Waals surface area contributed by atoms with Gasteiger partial charge in [-0.25, -0.2) is 0 Å². The van der Waals surface area contributed by atoms with E-state index < -0.39 is 24.1 Å². The second-order valence-electron chi connectivity index (χ2n) is 11.5. The molecular formula is C36H40Cl2N4O10. The van der Waals surface area contributed by atoms with E-state index in [1.165, 1.54) is 14.2 Å². The van der Waals surface area contributed by atoms with Crippen LogP contribution in [0.3, 0.4) is 0 Å². The lowest BCUT2D eigenvalue weighted by atomic mass is 10.0. The number of nitrogens with one attached hydrogen (secondary N) is 2. The largest absolute Gasteiger partial charge is 0.481 e. The summed E-state index contributed by atoms with van der Waals surface area (Å²) in [6.07, 6.45) is -2.76. The van der Waals surface area contributed by atoms with E-state index in [0.29, 0.717) is 80.0 Å². The van der Waals surface area contributed by atoms with Crippen molar-refractivity contribution in [2.75, 3.05) is 27.3 Å². The maximum atomic E-state index is 10.8. The van der Waals surface area contributed by atoms with Gasteiger partial charge in [-0.05, 0) is 12.1 Å². The summed E-state index contributed by atoms with van der Waals surface area (Å²) in [6.45, 7) is 0.983. The lowest BCUT2D eigenvalue weighted by molar-refractivity contribution is -0.140. The molecule has 52 heavy (non-hydrogen) atoms. The van der Waals surface area contributed by atoms with Gasteiger partial charge in [-0.2, -0.15) is 9.97 Å². The molecule has 0 spiro atoms. The van der Waals surface area contributed by atoms with Gasteiger partial charge in [0.2, 0.25) is 23.5 Å². The Kier molecular flexibility index (Phi) is 15.2. The Morgan fingerprint density at radius 2 is 1.06 bits per heavy atom. The summed E-state index contributed by atoms with van der Waals surface area (Å²) in [4.78, 5) is 30.3. The molecule has 0 aliphatic carbocycles. The topological polar surface area (TPSA) is 202 Å². The molecule has 0 amide bonds. The molecule has 0 aliphatic rings. The number of aliphatic carboxylic acids is 2. The number of ether oxygens (including phenoxy) is 4. The number of carboxylic acids is 2. The number of carbonyl (C=O) groups is 2. The average molecular weight is 760 g/mol. The number of halogens is 2. The number of methoxy groups -OCH3 is 2. The van der Waals surface area contributed by atoms with Crippen LogP contribution in [0.4, 0.5) is 0 Å². The summed E-state index contributed by atoms with van der Waals surface area (Å²) in [5.41, 5.74) is 4.16. The zero-order valence-corrected chi connectivity index (χ0v) is 30.0. The number of aromatic nitrogens is 2. The van der Waals surface area contributed by atoms with Crippen LogP contribution >= 0.6 is 23.2 Å². The van der Waals surface area contributed by atoms with Crippen LogP contribution in [0.2, 0.25) is 10.0 Å². The molecule has 4 rings (SSSR count). The van der Waals surface area contributed by atoms with E-state index >= 15 is 0 Å². The summed E-state index contributed by atoms with van der Waals surface area (Å²) >= 11 is 13.8. The third kappa shape index (κ3) is 11.7. The molecule has 0 saturated carbocycles. The second kappa shape index (κ2) is 19.8. The molecule has 4 aromatic rings. The minimum Gasteiger partial charge on any atom is -0.481 e. The van der Waals surface area contributed by atoms with Crippen LogP contribution in [0.25, 0.3) is 11.1 Å². The Morgan fingerprint density at radius 3 is 1.42 bits per heavy atom. The zero-order valence-electron chi connectivity index (χ0n) is 28.5. The average Bonchev–Trinajstić information content (AvgIpc) is 3.11. The molecule has 0 fully saturated rings. The number of carboxylic acid groups (broad SMARTS) is 2. The SMILES string of the molecule is COc1nc(OCc2cccc(-c3cccc(COc4ccc(CNCC(O)CC(=O)O)c(OC)n4)c3Cl)c2Cl)ccc1CNCC(O)CC(=O)O. The van der Waals surface area contributed by atoms with Gasteiger partial charge in [-0.1, -0.05) is 59.6 Å². The summed E-state index contributed by atoms with van der Waals surface area (Å²) in [7, 11) is 2.95. The van der Waals surface area contributed by atoms with Gasteiger partial charge in [-0.15, -0.1) is 0 Å². The Labute approximate surface area is 310 Å². The van der Waals surface area contributed by atoms with E-state index in [-0.39, 0.29) is 39.1 Å². The molecule has 2 aromatic heterocycles. The summed E-state index contributed by atoms with van der Waals surface area (Å²) < 4.78 is 22.7. The third-order valence-corrected chi connectivity index (χ3v) is 8.52. The smallest absolute Gasteiger partial charge is 0.306 e. The van der Waals surface area contributed by atoms with Crippen molar-refractivity contribution in [2.45, 2.75) is 51.4 Å². The molecule has 6 N–H and O–H groups in total. The van der Waals surface area contributed by atoms with E-state index in [1.54, 1.807) is 24.3 Å². The number of aliphatic hydroxyl groups is 2. The Balaban J connectivity index is 1.39. The molecule has 16 heteroatoms. The van der Waals surface area contributed by atoms with Crippen LogP contribution in [-0.2, 0) is 35.9 Å². The second-order valence-corrected chi connectivity index (χ2v) is 12.3. The number of nitrogens with zero attached hydrogens (tertiary/aromatic N) is 2. The quantitative estimate of drug-likeness (QED) is 0.0695. The first-order valence-electron chi connectivity index (χ1n) is 16.1. The molecule has 2 heterocycles. The first-order chi connectivity index (χ1) is 25.0. The van der Waals surface area contributed by atoms with Crippen molar-refractivity contribution in [3.63, 3.8) is 0 Å². The summed E-state index contributed by atoms with van der Waals surface area (Å²) in [6, 6.07) is 18.0. The van der Waals surface area contributed by atoms with Crippen LogP contribution < -0.4 is 29.6 Å². The van der Waals surface area contributed by atoms with Crippen LogP contribution in [0.15, 0.2) is 60.7 Å². The predicted octanol–water partition coefficient (Wildman–Crippen LogP) is 4.48. The number of hydrogen-bond acceptors (Lipinski definition) is 12. The summed E-state index contributed by atoms with van der Waals surface area (Å²) in [5, 5.41) is 44.0. The van der Waals surface area contributed by atoms with Crippen molar-refractivity contribution < 1.29 is 49.0 Å². The lowest BCUT2D eigenvalue weighted by Gasteiger charge is -2.15. The molecule has 2 unspecified atom stereocenters. The molecule has 2 atom stereocenters. The Morgan fingerprint density at radius 1 is 0.654 bits per heavy atom. The number of pyridine rings is 2. The first kappa shape index (κ1) is 40.1. The number of aliphatic hydroxyl groups excluding tert-OH is 2. The third-order valence-electron chi connectivity index (χ3n) is 7.62. The van der Waals surface area contributed by atoms with E-state index in [9.17, 15) is 19.8 Å². The van der Waals surface area contributed by atoms with E-state index in [4.69, 9.17) is 52.4 Å². The van der Waals surface area contributed by atoms with Crippen molar-refractivity contribution >= 4 is 35.1 Å². The highest BCUT2D eigenvalue weighted by molar-refractivity contribution is 6.37. The van der Waals surface area contributed by atoms with Gasteiger partial charge in [0.25, 0.3) is 0 Å². The van der Waals surface area contributed by atoms with E-state index in [1.807, 2.05) is 36.4 Å². The Bertz CT molecular complexity index is 1700. The van der Waals surface area contributed by atoms with Gasteiger partial charge in [0.05, 0.1) is 49.3 Å². The lowest BCUT2D eigenvalue weighted by Crippen LogP contribution is -2.28. The minimum atomic E-state index is -1.08. The molecule has 14 nitrogen and oxygen atoms in total. The fourth-order valence-corrected chi connectivity index (χ4v) is 5.65. The molecule has 2 aromatic carbocycles. The molecule has 0 bridgehead atoms. The number of benzene rings is 2. The van der Waals surface area contributed by atoms with Crippen molar-refractivity contribution in [1.82, 2.24) is 20.6 Å². The molecule has 278 valence electrons. The molecule has 0 aliphatic heterocycles. The first-order valence-corrected chi connectivity index (χ1v) is 16.8. The highest BCUT2D eigenvalue weighted by Gasteiger charge is 2.17. The highest BCUT2D eigenvalue weighted by atomic mass is 35.5. The van der Waals surface area contributed by atoms with Gasteiger partial charge in [-0.3, -0.25) is 9.59 Å². The Hall–Kier alpha value is -4.70. The monoisotopic (exact) mass is 758 g/mol. The van der Waals surface area contributed by atoms with Crippen molar-refractivity contribution in [3.8, 4) is 34.6 Å². The van der Waals surface area contributed by atoms with Crippen molar-refractivity contribution in [3.05, 3.63) is 93.0 Å². The predicted molar refractivity (Wildman–Crippen MR) is 192 cm³/mol. The maximum Gasteiger partial charge on any atom is 0.306 e. The molecular weight excluding hydrogens is 719 g/mol. The number of hydrogen-bond donors (Lipinski definition) is 6. The molecule has 0 saturated heterocycles. The van der Waals surface area contributed by atoms with Gasteiger partial charge in [0.1, 0.15) is 13.2 Å². The van der Waals surface area contributed by atoms with Gasteiger partial charge >= 0.3 is 11.9 Å².